The summed E-state index contributed by atoms with van der Waals surface area (Å²) in [4.78, 5) is 176. The molecule has 3 aromatic rings. The summed E-state index contributed by atoms with van der Waals surface area (Å²) in [5.41, 5.74) is 18.1. The normalized spacial score (nSPS) is 14.3. The summed E-state index contributed by atoms with van der Waals surface area (Å²) in [7, 11) is 0. The van der Waals surface area contributed by atoms with Crippen LogP contribution in [0.1, 0.15) is 89.0 Å². The molecule has 1 heterocycles. The standard InChI is InChI=1S/C52H71N13O17/c1-26(2)19-36(49(79)63-37(20-28-7-5-4-6-8-28)51(81)64-38(21-29-9-11-31(66)12-10-29)50(80)59-33(44(55)74)13-16-40(54)67)62-52(82)39(23-43(72)73)65-48(78)35(15-18-42(70)71)60-45(75)27(3)58-47(77)34(14-17-41(68)69)61-46(76)32(53)22-30-24-56-25-57-30/h4-12,24-27,32-39,66H,13-23,53H2,1-3H3,(H2,54,67)(H2,55,74)(H,56,57)(H,58,77)(H,59,80)(H,60,75)(H,61,76)(H,62,82)(H,63,79)(H,64,81)(H,65,78)(H,68,69)(H,70,71)(H,72,73)/t27-,32-,33-,34-,35-,36-,37-,38-,39-/m0/s1. The Morgan fingerprint density at radius 3 is 1.43 bits per heavy atom. The van der Waals surface area contributed by atoms with Crippen LogP contribution in [0.5, 0.6) is 5.75 Å². The van der Waals surface area contributed by atoms with Gasteiger partial charge in [0.05, 0.1) is 18.8 Å². The smallest absolute Gasteiger partial charge is 0.305 e. The van der Waals surface area contributed by atoms with Crippen molar-refractivity contribution in [1.82, 2.24) is 52.5 Å². The molecule has 9 atom stereocenters. The van der Waals surface area contributed by atoms with Crippen molar-refractivity contribution in [3.63, 3.8) is 0 Å². The minimum Gasteiger partial charge on any atom is -0.508 e. The van der Waals surface area contributed by atoms with Crippen LogP contribution in [-0.4, -0.2) is 162 Å². The lowest BCUT2D eigenvalue weighted by Crippen LogP contribution is -2.61. The number of aromatic amines is 1. The molecule has 0 radical (unpaired) electrons. The van der Waals surface area contributed by atoms with Gasteiger partial charge in [0.1, 0.15) is 54.1 Å². The van der Waals surface area contributed by atoms with Gasteiger partial charge in [-0.3, -0.25) is 62.3 Å². The topological polar surface area (TPSA) is 506 Å². The molecule has 10 amide bonds. The summed E-state index contributed by atoms with van der Waals surface area (Å²) >= 11 is 0. The van der Waals surface area contributed by atoms with E-state index in [9.17, 15) is 82.8 Å². The molecule has 0 saturated heterocycles. The lowest BCUT2D eigenvalue weighted by atomic mass is 9.99. The molecule has 0 unspecified atom stereocenters. The predicted octanol–water partition coefficient (Wildman–Crippen LogP) is -3.63. The van der Waals surface area contributed by atoms with Gasteiger partial charge in [0, 0.05) is 50.4 Å². The van der Waals surface area contributed by atoms with Gasteiger partial charge in [-0.2, -0.15) is 0 Å². The van der Waals surface area contributed by atoms with Crippen molar-refractivity contribution >= 4 is 77.0 Å². The van der Waals surface area contributed by atoms with E-state index in [4.69, 9.17) is 17.2 Å². The molecule has 0 fully saturated rings. The van der Waals surface area contributed by atoms with E-state index < -0.39 is 163 Å². The second kappa shape index (κ2) is 33.2. The van der Waals surface area contributed by atoms with Crippen molar-refractivity contribution in [2.45, 2.75) is 146 Å². The monoisotopic (exact) mass is 1150 g/mol. The molecule has 446 valence electrons. The Kier molecular flexibility index (Phi) is 27.0. The second-order valence-corrected chi connectivity index (χ2v) is 19.6. The Morgan fingerprint density at radius 2 is 0.939 bits per heavy atom. The molecule has 0 bridgehead atoms. The highest BCUT2D eigenvalue weighted by atomic mass is 16.4. The average Bonchev–Trinajstić information content (AvgIpc) is 3.92. The number of aromatic hydroxyl groups is 1. The number of H-pyrrole nitrogens is 1. The maximum atomic E-state index is 14.4. The number of phenolic OH excluding ortho intramolecular Hbond substituents is 1. The van der Waals surface area contributed by atoms with Gasteiger partial charge in [-0.05, 0) is 61.8 Å². The lowest BCUT2D eigenvalue weighted by molar-refractivity contribution is -0.142. The summed E-state index contributed by atoms with van der Waals surface area (Å²) in [5, 5.41) is 57.6. The van der Waals surface area contributed by atoms with Gasteiger partial charge in [0.25, 0.3) is 0 Å². The Labute approximate surface area is 469 Å². The first kappa shape index (κ1) is 66.8. The van der Waals surface area contributed by atoms with E-state index in [1.54, 1.807) is 44.2 Å². The quantitative estimate of drug-likeness (QED) is 0.0267. The largest absolute Gasteiger partial charge is 0.508 e. The van der Waals surface area contributed by atoms with Crippen LogP contribution in [0.4, 0.5) is 0 Å². The number of carboxylic acid groups (broad SMARTS) is 3. The van der Waals surface area contributed by atoms with Crippen molar-refractivity contribution in [1.29, 1.82) is 0 Å². The van der Waals surface area contributed by atoms with Crippen LogP contribution in [0.2, 0.25) is 0 Å². The van der Waals surface area contributed by atoms with Crippen LogP contribution in [0.25, 0.3) is 0 Å². The lowest BCUT2D eigenvalue weighted by Gasteiger charge is -2.28. The van der Waals surface area contributed by atoms with Gasteiger partial charge < -0.3 is 85.1 Å². The van der Waals surface area contributed by atoms with Gasteiger partial charge in [-0.25, -0.2) is 4.98 Å². The number of carbonyl (C=O) groups excluding carboxylic acids is 10. The molecular weight excluding hydrogens is 1080 g/mol. The Bertz CT molecular complexity index is 2730. The molecule has 30 heteroatoms. The fraction of sp³-hybridized carbons (Fsp3) is 0.462. The van der Waals surface area contributed by atoms with Crippen LogP contribution in [0, 0.1) is 5.92 Å². The minimum absolute atomic E-state index is 0.0421. The van der Waals surface area contributed by atoms with E-state index in [-0.39, 0.29) is 50.2 Å². The van der Waals surface area contributed by atoms with Crippen molar-refractivity contribution in [3.05, 3.63) is 83.9 Å². The average molecular weight is 1150 g/mol. The van der Waals surface area contributed by atoms with Gasteiger partial charge in [0.2, 0.25) is 59.1 Å². The highest BCUT2D eigenvalue weighted by molar-refractivity contribution is 5.99. The first-order chi connectivity index (χ1) is 38.6. The van der Waals surface area contributed by atoms with Crippen LogP contribution in [0.15, 0.2) is 67.1 Å². The number of amides is 10. The molecule has 0 aliphatic carbocycles. The number of hydrogen-bond donors (Lipinski definition) is 16. The molecule has 82 heavy (non-hydrogen) atoms. The van der Waals surface area contributed by atoms with Crippen molar-refractivity contribution in [2.24, 2.45) is 23.1 Å². The third-order valence-corrected chi connectivity index (χ3v) is 12.3. The Hall–Kier alpha value is -9.48. The van der Waals surface area contributed by atoms with Crippen LogP contribution in [0.3, 0.4) is 0 Å². The molecule has 30 nitrogen and oxygen atoms in total. The number of nitrogens with two attached hydrogens (primary N) is 3. The fourth-order valence-electron chi connectivity index (χ4n) is 7.91. The number of carbonyl (C=O) groups is 13. The summed E-state index contributed by atoms with van der Waals surface area (Å²) in [5.74, 6) is -15.2. The molecule has 19 N–H and O–H groups in total. The van der Waals surface area contributed by atoms with Crippen molar-refractivity contribution in [3.8, 4) is 5.75 Å². The molecule has 3 rings (SSSR count). The first-order valence-corrected chi connectivity index (χ1v) is 25.8. The van der Waals surface area contributed by atoms with Gasteiger partial charge in [-0.15, -0.1) is 0 Å². The van der Waals surface area contributed by atoms with E-state index in [2.05, 4.69) is 52.5 Å². The van der Waals surface area contributed by atoms with E-state index in [1.807, 2.05) is 0 Å². The number of aromatic nitrogens is 2. The molecule has 1 aromatic heterocycles. The fourth-order valence-corrected chi connectivity index (χ4v) is 7.91. The number of carboxylic acids is 3. The number of primary amides is 2. The molecular formula is C52H71N13O17. The number of phenols is 1. The molecule has 2 aromatic carbocycles. The van der Waals surface area contributed by atoms with Crippen LogP contribution < -0.4 is 59.7 Å². The highest BCUT2D eigenvalue weighted by Crippen LogP contribution is 2.14. The number of aliphatic carboxylic acids is 3. The maximum absolute atomic E-state index is 14.4. The van der Waals surface area contributed by atoms with Crippen molar-refractivity contribution < 1.29 is 82.8 Å². The Morgan fingerprint density at radius 1 is 0.500 bits per heavy atom. The minimum atomic E-state index is -2.01. The zero-order valence-corrected chi connectivity index (χ0v) is 45.2. The summed E-state index contributed by atoms with van der Waals surface area (Å²) in [6, 6.07) is -0.360. The number of rotatable bonds is 36. The molecule has 0 saturated carbocycles. The Balaban J connectivity index is 1.88. The maximum Gasteiger partial charge on any atom is 0.305 e. The first-order valence-electron chi connectivity index (χ1n) is 25.8. The SMILES string of the molecule is CC(C)C[C@H](NC(=O)[C@H](CC(=O)O)NC(=O)[C@H](CCC(=O)O)NC(=O)[C@H](C)NC(=O)[C@H](CCC(=O)O)NC(=O)[C@@H](N)Cc1cnc[nH]1)C(=O)N[C@@H](Cc1ccccc1)C(=O)N[C@@H](Cc1ccc(O)cc1)C(=O)N[C@@H](CCC(N)=O)C(N)=O. The summed E-state index contributed by atoms with van der Waals surface area (Å²) in [6.45, 7) is 4.47. The highest BCUT2D eigenvalue weighted by Gasteiger charge is 2.36. The second-order valence-electron chi connectivity index (χ2n) is 19.6. The predicted molar refractivity (Wildman–Crippen MR) is 286 cm³/mol. The summed E-state index contributed by atoms with van der Waals surface area (Å²) in [6.07, 6.45) is -2.12. The van der Waals surface area contributed by atoms with Gasteiger partial charge in [-0.1, -0.05) is 56.3 Å². The third-order valence-electron chi connectivity index (χ3n) is 12.3. The van der Waals surface area contributed by atoms with Gasteiger partial charge >= 0.3 is 17.9 Å². The van der Waals surface area contributed by atoms with Crippen molar-refractivity contribution in [2.75, 3.05) is 0 Å². The number of benzene rings is 2. The van der Waals surface area contributed by atoms with E-state index in [0.717, 1.165) is 6.92 Å². The molecule has 0 spiro atoms. The zero-order chi connectivity index (χ0) is 61.2. The number of hydrogen-bond acceptors (Lipinski definition) is 16. The third kappa shape index (κ3) is 24.3. The van der Waals surface area contributed by atoms with Gasteiger partial charge in [0.15, 0.2) is 0 Å². The number of nitrogens with zero attached hydrogens (tertiary/aromatic N) is 1. The number of imidazole rings is 1. The molecule has 0 aliphatic heterocycles. The summed E-state index contributed by atoms with van der Waals surface area (Å²) < 4.78 is 0. The number of nitrogens with one attached hydrogen (secondary N) is 9. The van der Waals surface area contributed by atoms with E-state index in [0.29, 0.717) is 16.8 Å². The van der Waals surface area contributed by atoms with Crippen LogP contribution >= 0.6 is 0 Å². The molecule has 0 aliphatic rings. The zero-order valence-electron chi connectivity index (χ0n) is 45.2. The van der Waals surface area contributed by atoms with Crippen LogP contribution in [-0.2, 0) is 81.6 Å². The van der Waals surface area contributed by atoms with E-state index >= 15 is 0 Å². The van der Waals surface area contributed by atoms with E-state index in [1.165, 1.54) is 36.8 Å².